The molecule has 0 aromatic heterocycles. The van der Waals surface area contributed by atoms with E-state index in [1.807, 2.05) is 0 Å². The minimum atomic E-state index is -0.437. The van der Waals surface area contributed by atoms with Gasteiger partial charge in [-0.15, -0.1) is 0 Å². The topological polar surface area (TPSA) is 53.0 Å². The van der Waals surface area contributed by atoms with Gasteiger partial charge in [0, 0.05) is 53.2 Å². The first-order chi connectivity index (χ1) is 11.7. The van der Waals surface area contributed by atoms with Gasteiger partial charge >= 0.3 is 0 Å². The van der Waals surface area contributed by atoms with Gasteiger partial charge in [-0.3, -0.25) is 9.69 Å². The molecule has 2 atom stereocenters. The lowest BCUT2D eigenvalue weighted by Gasteiger charge is -2.22. The van der Waals surface area contributed by atoms with Crippen molar-refractivity contribution in [1.29, 1.82) is 0 Å². The van der Waals surface area contributed by atoms with Gasteiger partial charge in [0.05, 0.1) is 12.7 Å². The fourth-order valence-corrected chi connectivity index (χ4v) is 3.78. The highest BCUT2D eigenvalue weighted by molar-refractivity contribution is 5.75. The van der Waals surface area contributed by atoms with Crippen LogP contribution in [0.2, 0.25) is 0 Å². The molecule has 0 bridgehead atoms. The number of likely N-dealkylation sites (tertiary alicyclic amines) is 1. The second-order valence-electron chi connectivity index (χ2n) is 7.54. The molecule has 0 unspecified atom stereocenters. The van der Waals surface area contributed by atoms with Gasteiger partial charge in [-0.1, -0.05) is 6.07 Å². The molecule has 1 amide bonds. The summed E-state index contributed by atoms with van der Waals surface area (Å²) in [7, 11) is 5.25. The standard InChI is InChI=1S/C20H32N2O3/c1-13-7-14(2)18(12-25-6)15(3)17(13)10-22-9-16(19(23)11-22)8-20(24)21(4)5/h7,16,19,23H,8-12H2,1-6H3/t16-,19-/m1/s1. The van der Waals surface area contributed by atoms with Crippen molar-refractivity contribution in [2.45, 2.75) is 46.4 Å². The summed E-state index contributed by atoms with van der Waals surface area (Å²) in [6, 6.07) is 2.22. The summed E-state index contributed by atoms with van der Waals surface area (Å²) in [4.78, 5) is 15.8. The van der Waals surface area contributed by atoms with E-state index >= 15 is 0 Å². The third-order valence-electron chi connectivity index (χ3n) is 5.38. The van der Waals surface area contributed by atoms with Crippen LogP contribution in [0.1, 0.15) is 34.2 Å². The molecular weight excluding hydrogens is 316 g/mol. The van der Waals surface area contributed by atoms with E-state index in [0.29, 0.717) is 19.6 Å². The van der Waals surface area contributed by atoms with E-state index < -0.39 is 6.10 Å². The molecule has 1 heterocycles. The van der Waals surface area contributed by atoms with Crippen LogP contribution in [-0.4, -0.2) is 61.2 Å². The van der Waals surface area contributed by atoms with Crippen molar-refractivity contribution >= 4 is 5.91 Å². The molecule has 1 N–H and O–H groups in total. The monoisotopic (exact) mass is 348 g/mol. The van der Waals surface area contributed by atoms with E-state index in [2.05, 4.69) is 31.7 Å². The molecule has 0 radical (unpaired) electrons. The minimum absolute atomic E-state index is 0.0133. The second kappa shape index (κ2) is 8.30. The maximum Gasteiger partial charge on any atom is 0.222 e. The van der Waals surface area contributed by atoms with Crippen LogP contribution < -0.4 is 0 Å². The van der Waals surface area contributed by atoms with Crippen molar-refractivity contribution in [1.82, 2.24) is 9.80 Å². The summed E-state index contributed by atoms with van der Waals surface area (Å²) in [6.45, 7) is 9.23. The number of ether oxygens (including phenoxy) is 1. The van der Waals surface area contributed by atoms with Gasteiger partial charge in [-0.25, -0.2) is 0 Å². The zero-order chi connectivity index (χ0) is 18.7. The van der Waals surface area contributed by atoms with E-state index in [0.717, 1.165) is 13.1 Å². The number of carbonyl (C=O) groups excluding carboxylic acids is 1. The Kier molecular flexibility index (Phi) is 6.60. The molecule has 25 heavy (non-hydrogen) atoms. The number of hydrogen-bond acceptors (Lipinski definition) is 4. The maximum atomic E-state index is 12.0. The van der Waals surface area contributed by atoms with Crippen LogP contribution in [0.15, 0.2) is 6.07 Å². The lowest BCUT2D eigenvalue weighted by Crippen LogP contribution is -2.28. The van der Waals surface area contributed by atoms with Gasteiger partial charge in [-0.2, -0.15) is 0 Å². The fourth-order valence-electron chi connectivity index (χ4n) is 3.78. The third kappa shape index (κ3) is 4.60. The Balaban J connectivity index is 2.13. The highest BCUT2D eigenvalue weighted by Gasteiger charge is 2.33. The van der Waals surface area contributed by atoms with Crippen LogP contribution in [0, 0.1) is 26.7 Å². The Hall–Kier alpha value is -1.43. The number of nitrogens with zero attached hydrogens (tertiary/aromatic N) is 2. The van der Waals surface area contributed by atoms with Crippen molar-refractivity contribution in [2.24, 2.45) is 5.92 Å². The zero-order valence-corrected chi connectivity index (χ0v) is 16.4. The lowest BCUT2D eigenvalue weighted by molar-refractivity contribution is -0.130. The summed E-state index contributed by atoms with van der Waals surface area (Å²) in [5.74, 6) is 0.0929. The first kappa shape index (κ1) is 19.9. The number of aryl methyl sites for hydroxylation is 2. The van der Waals surface area contributed by atoms with Crippen LogP contribution in [-0.2, 0) is 22.7 Å². The number of hydrogen-bond donors (Lipinski definition) is 1. The van der Waals surface area contributed by atoms with Gasteiger partial charge in [-0.05, 0) is 48.6 Å². The van der Waals surface area contributed by atoms with Crippen molar-refractivity contribution in [2.75, 3.05) is 34.3 Å². The second-order valence-corrected chi connectivity index (χ2v) is 7.54. The first-order valence-corrected chi connectivity index (χ1v) is 8.92. The van der Waals surface area contributed by atoms with E-state index in [-0.39, 0.29) is 11.8 Å². The molecular formula is C20H32N2O3. The Morgan fingerprint density at radius 3 is 2.48 bits per heavy atom. The quantitative estimate of drug-likeness (QED) is 0.855. The average molecular weight is 348 g/mol. The van der Waals surface area contributed by atoms with E-state index in [1.54, 1.807) is 26.1 Å². The van der Waals surface area contributed by atoms with Gasteiger partial charge < -0.3 is 14.7 Å². The van der Waals surface area contributed by atoms with E-state index in [1.165, 1.54) is 27.8 Å². The van der Waals surface area contributed by atoms with Gasteiger partial charge in [0.1, 0.15) is 0 Å². The summed E-state index contributed by atoms with van der Waals surface area (Å²) < 4.78 is 5.36. The van der Waals surface area contributed by atoms with E-state index in [4.69, 9.17) is 4.74 Å². The third-order valence-corrected chi connectivity index (χ3v) is 5.38. The molecule has 140 valence electrons. The largest absolute Gasteiger partial charge is 0.391 e. The van der Waals surface area contributed by atoms with Crippen LogP contribution >= 0.6 is 0 Å². The van der Waals surface area contributed by atoms with Crippen LogP contribution in [0.3, 0.4) is 0 Å². The van der Waals surface area contributed by atoms with Gasteiger partial charge in [0.25, 0.3) is 0 Å². The van der Waals surface area contributed by atoms with Crippen molar-refractivity contribution < 1.29 is 14.6 Å². The Bertz CT molecular complexity index is 628. The molecule has 0 saturated carbocycles. The number of rotatable bonds is 6. The number of benzene rings is 1. The minimum Gasteiger partial charge on any atom is -0.391 e. The Labute approximate surface area is 151 Å². The number of amides is 1. The molecule has 1 fully saturated rings. The maximum absolute atomic E-state index is 12.0. The summed E-state index contributed by atoms with van der Waals surface area (Å²) in [5, 5.41) is 10.4. The highest BCUT2D eigenvalue weighted by atomic mass is 16.5. The fraction of sp³-hybridized carbons (Fsp3) is 0.650. The molecule has 2 rings (SSSR count). The number of aliphatic hydroxyl groups excluding tert-OH is 1. The van der Waals surface area contributed by atoms with Crippen molar-refractivity contribution in [3.63, 3.8) is 0 Å². The Morgan fingerprint density at radius 2 is 1.88 bits per heavy atom. The number of aliphatic hydroxyl groups is 1. The predicted molar refractivity (Wildman–Crippen MR) is 99.5 cm³/mol. The van der Waals surface area contributed by atoms with E-state index in [9.17, 15) is 9.90 Å². The molecule has 1 aromatic carbocycles. The first-order valence-electron chi connectivity index (χ1n) is 8.92. The average Bonchev–Trinajstić information content (AvgIpc) is 2.87. The summed E-state index contributed by atoms with van der Waals surface area (Å²) in [6.07, 6.45) is -0.0285. The van der Waals surface area contributed by atoms with Crippen LogP contribution in [0.4, 0.5) is 0 Å². The smallest absolute Gasteiger partial charge is 0.222 e. The number of methoxy groups -OCH3 is 1. The Morgan fingerprint density at radius 1 is 1.24 bits per heavy atom. The van der Waals surface area contributed by atoms with Crippen molar-refractivity contribution in [3.8, 4) is 0 Å². The highest BCUT2D eigenvalue weighted by Crippen LogP contribution is 2.28. The molecule has 0 spiro atoms. The van der Waals surface area contributed by atoms with Gasteiger partial charge in [0.2, 0.25) is 5.91 Å². The lowest BCUT2D eigenvalue weighted by atomic mass is 9.93. The normalized spacial score (nSPS) is 20.9. The summed E-state index contributed by atoms with van der Waals surface area (Å²) >= 11 is 0. The molecule has 1 saturated heterocycles. The predicted octanol–water partition coefficient (Wildman–Crippen LogP) is 2.03. The number of carbonyl (C=O) groups is 1. The molecule has 1 aromatic rings. The van der Waals surface area contributed by atoms with Crippen LogP contribution in [0.25, 0.3) is 0 Å². The van der Waals surface area contributed by atoms with Crippen LogP contribution in [0.5, 0.6) is 0 Å². The van der Waals surface area contributed by atoms with Gasteiger partial charge in [0.15, 0.2) is 0 Å². The van der Waals surface area contributed by atoms with Crippen molar-refractivity contribution in [3.05, 3.63) is 33.9 Å². The molecule has 0 aliphatic carbocycles. The number of β-amino-alcohol motifs (C(OH)–C–C–N with tert-alkyl or cyclic N) is 1. The molecule has 5 nitrogen and oxygen atoms in total. The summed E-state index contributed by atoms with van der Waals surface area (Å²) in [5.41, 5.74) is 6.38. The molecule has 1 aliphatic heterocycles. The molecule has 5 heteroatoms. The SMILES string of the molecule is COCc1c(C)cc(C)c(CN2C[C@@H](CC(=O)N(C)C)[C@H](O)C2)c1C. The zero-order valence-electron chi connectivity index (χ0n) is 16.4. The molecule has 1 aliphatic rings.